The third kappa shape index (κ3) is 12.9. The minimum absolute atomic E-state index is 0. The van der Waals surface area contributed by atoms with Gasteiger partial charge in [-0.25, -0.2) is 0 Å². The SMILES string of the molecule is C[C@@H]([C]1[CH][CH][CH][C]1P([C]1[CH][CH][CH][CH]1)c1ccccc1)N(C)C.[CH]1[CH][CH][CH][CH]1.[CH]1[CH][CH][C](P(C2CCCCC2)C2CCCCC2)[CH]1.[Fe].[Fe]. The van der Waals surface area contributed by atoms with Crippen LogP contribution in [0.25, 0.3) is 0 Å². The standard InChI is InChI=1S/C20H22NP.C17H26P.C5H5.2Fe/c1-16(21(2)3)19-14-9-15-20(19)22(18-12-7-8-13-18)17-10-5-4-6-11-17;1-3-9-15(10-4-1)18(17-13-7-8-14-17)16-11-5-2-6-12-16;1-2-4-5-3-1;;/h4-16H,1-3H3;7-8,13-16H,1-6,9-12H2;1-5H;;/t16-,22?;;;;/m0..../s1. The smallest absolute Gasteiger partial charge is 0.0173 e. The van der Waals surface area contributed by atoms with Crippen molar-refractivity contribution >= 4 is 21.1 Å². The summed E-state index contributed by atoms with van der Waals surface area (Å²) in [7, 11) is 3.96. The van der Waals surface area contributed by atoms with Crippen LogP contribution in [0, 0.1) is 126 Å². The Balaban J connectivity index is 0.000000217. The Morgan fingerprint density at radius 1 is 0.553 bits per heavy atom. The van der Waals surface area contributed by atoms with Crippen molar-refractivity contribution in [3.8, 4) is 0 Å². The molecule has 252 valence electrons. The van der Waals surface area contributed by atoms with Crippen LogP contribution in [0.5, 0.6) is 0 Å². The molecule has 0 heterocycles. The molecule has 5 heteroatoms. The van der Waals surface area contributed by atoms with E-state index < -0.39 is 7.92 Å². The van der Waals surface area contributed by atoms with Gasteiger partial charge in [-0.15, -0.1) is 0 Å². The Morgan fingerprint density at radius 2 is 1.02 bits per heavy atom. The maximum absolute atomic E-state index is 2.43. The summed E-state index contributed by atoms with van der Waals surface area (Å²) in [6, 6.07) is 11.3. The third-order valence-electron chi connectivity index (χ3n) is 9.64. The van der Waals surface area contributed by atoms with Crippen LogP contribution in [0.1, 0.15) is 71.1 Å². The van der Waals surface area contributed by atoms with Crippen LogP contribution in [0.3, 0.4) is 0 Å². The second-order valence-electron chi connectivity index (χ2n) is 12.9. The first kappa shape index (κ1) is 42.5. The van der Waals surface area contributed by atoms with Gasteiger partial charge in [0.05, 0.1) is 0 Å². The molecule has 1 aromatic rings. The van der Waals surface area contributed by atoms with Crippen molar-refractivity contribution in [2.24, 2.45) is 0 Å². The molecule has 0 aromatic heterocycles. The average molecular weight is 746 g/mol. The summed E-state index contributed by atoms with van der Waals surface area (Å²) in [6.07, 6.45) is 50.0. The minimum Gasteiger partial charge on any atom is -0.306 e. The van der Waals surface area contributed by atoms with Crippen molar-refractivity contribution < 1.29 is 34.1 Å². The molecule has 20 radical (unpaired) electrons. The van der Waals surface area contributed by atoms with E-state index >= 15 is 0 Å². The molecule has 2 atom stereocenters. The second kappa shape index (κ2) is 23.6. The Bertz CT molecular complexity index is 877. The molecule has 0 saturated heterocycles. The van der Waals surface area contributed by atoms with Gasteiger partial charge < -0.3 is 4.90 Å². The Hall–Kier alpha value is 1.08. The van der Waals surface area contributed by atoms with E-state index in [1.807, 2.05) is 32.1 Å². The molecule has 0 aliphatic heterocycles. The van der Waals surface area contributed by atoms with Gasteiger partial charge in [0.25, 0.3) is 0 Å². The van der Waals surface area contributed by atoms with Gasteiger partial charge in [-0.2, -0.15) is 0 Å². The zero-order valence-corrected chi connectivity index (χ0v) is 32.5. The first-order chi connectivity index (χ1) is 22.1. The molecule has 1 unspecified atom stereocenters. The van der Waals surface area contributed by atoms with Gasteiger partial charge in [0.15, 0.2) is 0 Å². The van der Waals surface area contributed by atoms with Crippen LogP contribution in [0.2, 0.25) is 0 Å². The van der Waals surface area contributed by atoms with Crippen LogP contribution in [0.15, 0.2) is 30.3 Å². The molecule has 0 N–H and O–H groups in total. The maximum Gasteiger partial charge on any atom is 0.0173 e. The molecule has 0 bridgehead atoms. The van der Waals surface area contributed by atoms with Gasteiger partial charge in [0, 0.05) is 63.1 Å². The van der Waals surface area contributed by atoms with Gasteiger partial charge in [-0.3, -0.25) is 0 Å². The van der Waals surface area contributed by atoms with Crippen LogP contribution >= 0.6 is 15.8 Å². The Kier molecular flexibility index (Phi) is 21.3. The molecule has 6 saturated carbocycles. The van der Waals surface area contributed by atoms with Crippen molar-refractivity contribution in [2.75, 3.05) is 14.1 Å². The molecular formula is C42H53Fe2NP2. The number of rotatable bonds is 8. The predicted molar refractivity (Wildman–Crippen MR) is 199 cm³/mol. The van der Waals surface area contributed by atoms with Gasteiger partial charge >= 0.3 is 0 Å². The summed E-state index contributed by atoms with van der Waals surface area (Å²) in [5.41, 5.74) is 6.75. The first-order valence-electron chi connectivity index (χ1n) is 17.3. The molecule has 6 aliphatic rings. The molecule has 1 aromatic carbocycles. The quantitative estimate of drug-likeness (QED) is 0.189. The molecule has 6 fully saturated rings. The largest absolute Gasteiger partial charge is 0.306 e. The summed E-state index contributed by atoms with van der Waals surface area (Å²) >= 11 is 0. The van der Waals surface area contributed by atoms with Crippen molar-refractivity contribution in [1.29, 1.82) is 0 Å². The summed E-state index contributed by atoms with van der Waals surface area (Å²) in [4.78, 5) is 2.28. The number of hydrogen-bond donors (Lipinski definition) is 0. The van der Waals surface area contributed by atoms with Gasteiger partial charge in [0.1, 0.15) is 0 Å². The summed E-state index contributed by atoms with van der Waals surface area (Å²) < 4.78 is 0. The van der Waals surface area contributed by atoms with Crippen molar-refractivity contribution in [3.63, 3.8) is 0 Å². The molecular weight excluding hydrogens is 692 g/mol. The summed E-state index contributed by atoms with van der Waals surface area (Å²) in [5, 5.41) is 1.42. The number of hydrogen-bond acceptors (Lipinski definition) is 1. The van der Waals surface area contributed by atoms with E-state index in [0.29, 0.717) is 6.04 Å². The molecule has 0 amide bonds. The fourth-order valence-electron chi connectivity index (χ4n) is 7.07. The van der Waals surface area contributed by atoms with Crippen molar-refractivity contribution in [1.82, 2.24) is 4.90 Å². The van der Waals surface area contributed by atoms with Crippen molar-refractivity contribution in [3.05, 3.63) is 156 Å². The predicted octanol–water partition coefficient (Wildman–Crippen LogP) is 10.4. The molecule has 1 nitrogen and oxygen atoms in total. The topological polar surface area (TPSA) is 3.24 Å². The first-order valence-corrected chi connectivity index (χ1v) is 20.1. The number of benzene rings is 1. The summed E-state index contributed by atoms with van der Waals surface area (Å²) in [6.45, 7) is 2.28. The van der Waals surface area contributed by atoms with Gasteiger partial charge in [-0.05, 0) is 166 Å². The van der Waals surface area contributed by atoms with E-state index in [1.165, 1.54) is 86.7 Å². The molecule has 6 aliphatic carbocycles. The van der Waals surface area contributed by atoms with E-state index in [1.54, 1.807) is 5.66 Å². The monoisotopic (exact) mass is 745 g/mol. The second-order valence-corrected chi connectivity index (χ2v) is 17.9. The van der Waals surface area contributed by atoms with E-state index in [0.717, 1.165) is 11.3 Å². The normalized spacial score (nSPS) is 25.0. The zero-order chi connectivity index (χ0) is 31.3. The maximum atomic E-state index is 2.43. The Labute approximate surface area is 316 Å². The number of nitrogens with zero attached hydrogens (tertiary/aromatic N) is 1. The van der Waals surface area contributed by atoms with Crippen LogP contribution in [-0.2, 0) is 34.1 Å². The van der Waals surface area contributed by atoms with E-state index in [2.05, 4.69) is 127 Å². The fourth-order valence-corrected chi connectivity index (χ4v) is 13.4. The average Bonchev–Trinajstić information content (AvgIpc) is 3.93. The van der Waals surface area contributed by atoms with Crippen LogP contribution in [0.4, 0.5) is 0 Å². The van der Waals surface area contributed by atoms with E-state index in [9.17, 15) is 0 Å². The summed E-state index contributed by atoms with van der Waals surface area (Å²) in [5.74, 6) is 1.45. The zero-order valence-electron chi connectivity index (χ0n) is 28.5. The van der Waals surface area contributed by atoms with Crippen LogP contribution < -0.4 is 5.30 Å². The van der Waals surface area contributed by atoms with Gasteiger partial charge in [-0.1, -0.05) is 84.7 Å². The van der Waals surface area contributed by atoms with Gasteiger partial charge in [0.2, 0.25) is 0 Å². The van der Waals surface area contributed by atoms with E-state index in [4.69, 9.17) is 0 Å². The molecule has 47 heavy (non-hydrogen) atoms. The Morgan fingerprint density at radius 3 is 1.49 bits per heavy atom. The van der Waals surface area contributed by atoms with Crippen molar-refractivity contribution in [2.45, 2.75) is 88.5 Å². The van der Waals surface area contributed by atoms with Crippen LogP contribution in [-0.4, -0.2) is 36.4 Å². The minimum atomic E-state index is -0.477. The molecule has 7 rings (SSSR count). The third-order valence-corrected chi connectivity index (χ3v) is 15.7. The molecule has 0 spiro atoms. The van der Waals surface area contributed by atoms with E-state index in [-0.39, 0.29) is 42.1 Å². The fraction of sp³-hybridized carbons (Fsp3) is 0.381.